The number of benzene rings is 1. The van der Waals surface area contributed by atoms with Crippen LogP contribution in [0.3, 0.4) is 0 Å². The lowest BCUT2D eigenvalue weighted by atomic mass is 10.3. The molecule has 0 saturated heterocycles. The first-order valence-electron chi connectivity index (χ1n) is 5.48. The van der Waals surface area contributed by atoms with E-state index in [-0.39, 0.29) is 0 Å². The number of anilines is 1. The van der Waals surface area contributed by atoms with Crippen molar-refractivity contribution in [2.24, 2.45) is 0 Å². The van der Waals surface area contributed by atoms with Crippen LogP contribution in [-0.2, 0) is 16.4 Å². The summed E-state index contributed by atoms with van der Waals surface area (Å²) in [5, 5.41) is 5.51. The van der Waals surface area contributed by atoms with E-state index < -0.39 is 20.5 Å². The van der Waals surface area contributed by atoms with Crippen molar-refractivity contribution in [2.45, 2.75) is 17.2 Å². The number of hydrogen-bond donors (Lipinski definition) is 1. The third kappa shape index (κ3) is 3.47. The molecular weight excluding hydrogens is 328 g/mol. The van der Waals surface area contributed by atoms with Crippen molar-refractivity contribution in [2.75, 3.05) is 5.32 Å². The SMILES string of the molecule is O=S(=O)(c1ccc(NCc2cc(Cl)cs2)cc1)C(F)F. The molecule has 0 aliphatic carbocycles. The molecule has 0 aliphatic heterocycles. The summed E-state index contributed by atoms with van der Waals surface area (Å²) in [6, 6.07) is 7.03. The predicted molar refractivity (Wildman–Crippen MR) is 76.3 cm³/mol. The Balaban J connectivity index is 2.05. The molecule has 0 aliphatic rings. The molecule has 2 rings (SSSR count). The van der Waals surface area contributed by atoms with Crippen molar-refractivity contribution in [1.29, 1.82) is 0 Å². The van der Waals surface area contributed by atoms with E-state index in [1.807, 2.05) is 6.07 Å². The van der Waals surface area contributed by atoms with E-state index in [0.717, 1.165) is 17.0 Å². The first-order chi connectivity index (χ1) is 9.39. The van der Waals surface area contributed by atoms with Crippen molar-refractivity contribution in [3.8, 4) is 0 Å². The van der Waals surface area contributed by atoms with Crippen LogP contribution in [0.4, 0.5) is 14.5 Å². The lowest BCUT2D eigenvalue weighted by Crippen LogP contribution is -2.11. The van der Waals surface area contributed by atoms with Gasteiger partial charge >= 0.3 is 5.76 Å². The van der Waals surface area contributed by atoms with Crippen LogP contribution < -0.4 is 5.32 Å². The van der Waals surface area contributed by atoms with Crippen molar-refractivity contribution in [3.63, 3.8) is 0 Å². The second kappa shape index (κ2) is 6.07. The highest BCUT2D eigenvalue weighted by Gasteiger charge is 2.26. The molecule has 0 amide bonds. The van der Waals surface area contributed by atoms with Crippen LogP contribution in [-0.4, -0.2) is 14.2 Å². The Kier molecular flexibility index (Phi) is 4.62. The van der Waals surface area contributed by atoms with Gasteiger partial charge < -0.3 is 5.32 Å². The lowest BCUT2D eigenvalue weighted by molar-refractivity contribution is 0.234. The standard InChI is InChI=1S/C12H10ClF2NO2S2/c13-8-5-10(19-7-8)6-16-9-1-3-11(4-2-9)20(17,18)12(14)15/h1-5,7,12,16H,6H2. The quantitative estimate of drug-likeness (QED) is 0.896. The van der Waals surface area contributed by atoms with Crippen LogP contribution in [0, 0.1) is 0 Å². The summed E-state index contributed by atoms with van der Waals surface area (Å²) in [6.07, 6.45) is 0. The van der Waals surface area contributed by atoms with Gasteiger partial charge in [0.05, 0.1) is 9.92 Å². The van der Waals surface area contributed by atoms with Crippen molar-refractivity contribution in [1.82, 2.24) is 0 Å². The van der Waals surface area contributed by atoms with Gasteiger partial charge in [-0.25, -0.2) is 8.42 Å². The summed E-state index contributed by atoms with van der Waals surface area (Å²) in [5.74, 6) is -3.41. The molecule has 1 aromatic carbocycles. The van der Waals surface area contributed by atoms with Gasteiger partial charge in [-0.2, -0.15) is 8.78 Å². The normalized spacial score (nSPS) is 11.8. The topological polar surface area (TPSA) is 46.2 Å². The Morgan fingerprint density at radius 3 is 2.40 bits per heavy atom. The fourth-order valence-corrected chi connectivity index (χ4v) is 3.23. The molecule has 8 heteroatoms. The molecule has 0 atom stereocenters. The summed E-state index contributed by atoms with van der Waals surface area (Å²) < 4.78 is 47.2. The zero-order chi connectivity index (χ0) is 14.8. The third-order valence-corrected chi connectivity index (χ3v) is 5.19. The van der Waals surface area contributed by atoms with Gasteiger partial charge in [-0.15, -0.1) is 11.3 Å². The summed E-state index contributed by atoms with van der Waals surface area (Å²) >= 11 is 7.28. The van der Waals surface area contributed by atoms with E-state index in [1.165, 1.54) is 23.5 Å². The highest BCUT2D eigenvalue weighted by atomic mass is 35.5. The van der Waals surface area contributed by atoms with Crippen LogP contribution in [0.2, 0.25) is 5.02 Å². The van der Waals surface area contributed by atoms with Gasteiger partial charge in [0, 0.05) is 22.5 Å². The molecule has 0 saturated carbocycles. The van der Waals surface area contributed by atoms with Gasteiger partial charge in [-0.05, 0) is 30.3 Å². The number of halogens is 3. The molecule has 0 fully saturated rings. The number of rotatable bonds is 5. The fraction of sp³-hybridized carbons (Fsp3) is 0.167. The summed E-state index contributed by atoms with van der Waals surface area (Å²) in [5.41, 5.74) is 0.641. The van der Waals surface area contributed by atoms with E-state index in [4.69, 9.17) is 11.6 Å². The molecular formula is C12H10ClF2NO2S2. The molecule has 1 N–H and O–H groups in total. The fourth-order valence-electron chi connectivity index (χ4n) is 1.50. The summed E-state index contributed by atoms with van der Waals surface area (Å²) in [4.78, 5) is 0.622. The molecule has 0 radical (unpaired) electrons. The Labute approximate surface area is 124 Å². The van der Waals surface area contributed by atoms with Crippen molar-refractivity contribution < 1.29 is 17.2 Å². The molecule has 108 valence electrons. The molecule has 0 unspecified atom stereocenters. The maximum absolute atomic E-state index is 12.4. The summed E-state index contributed by atoms with van der Waals surface area (Å²) in [6.45, 7) is 0.526. The van der Waals surface area contributed by atoms with Gasteiger partial charge in [0.1, 0.15) is 0 Å². The largest absolute Gasteiger partial charge is 0.380 e. The second-order valence-electron chi connectivity index (χ2n) is 3.91. The number of sulfone groups is 1. The van der Waals surface area contributed by atoms with Gasteiger partial charge in [0.15, 0.2) is 0 Å². The lowest BCUT2D eigenvalue weighted by Gasteiger charge is -2.07. The van der Waals surface area contributed by atoms with Gasteiger partial charge in [0.2, 0.25) is 9.84 Å². The van der Waals surface area contributed by atoms with E-state index in [1.54, 1.807) is 5.38 Å². The summed E-state index contributed by atoms with van der Waals surface area (Å²) in [7, 11) is -4.53. The third-order valence-electron chi connectivity index (χ3n) is 2.51. The molecule has 3 nitrogen and oxygen atoms in total. The Morgan fingerprint density at radius 1 is 1.25 bits per heavy atom. The first-order valence-corrected chi connectivity index (χ1v) is 8.29. The second-order valence-corrected chi connectivity index (χ2v) is 7.26. The highest BCUT2D eigenvalue weighted by molar-refractivity contribution is 7.91. The number of alkyl halides is 2. The van der Waals surface area contributed by atoms with Crippen LogP contribution in [0.1, 0.15) is 4.88 Å². The van der Waals surface area contributed by atoms with E-state index in [2.05, 4.69) is 5.32 Å². The van der Waals surface area contributed by atoms with Crippen LogP contribution >= 0.6 is 22.9 Å². The number of nitrogens with one attached hydrogen (secondary N) is 1. The van der Waals surface area contributed by atoms with Crippen molar-refractivity contribution >= 4 is 38.5 Å². The molecule has 0 spiro atoms. The van der Waals surface area contributed by atoms with Crippen LogP contribution in [0.5, 0.6) is 0 Å². The van der Waals surface area contributed by atoms with Crippen LogP contribution in [0.25, 0.3) is 0 Å². The van der Waals surface area contributed by atoms with E-state index in [9.17, 15) is 17.2 Å². The molecule has 1 heterocycles. The Bertz CT molecular complexity index is 684. The zero-order valence-corrected chi connectivity index (χ0v) is 12.4. The predicted octanol–water partition coefficient (Wildman–Crippen LogP) is 4.01. The average Bonchev–Trinajstić information content (AvgIpc) is 2.82. The van der Waals surface area contributed by atoms with Gasteiger partial charge in [0.25, 0.3) is 0 Å². The van der Waals surface area contributed by atoms with Crippen LogP contribution in [0.15, 0.2) is 40.6 Å². The monoisotopic (exact) mass is 337 g/mol. The minimum atomic E-state index is -4.53. The maximum Gasteiger partial charge on any atom is 0.341 e. The molecule has 0 bridgehead atoms. The molecule has 1 aromatic heterocycles. The number of thiophene rings is 1. The zero-order valence-electron chi connectivity index (χ0n) is 10.0. The number of hydrogen-bond acceptors (Lipinski definition) is 4. The van der Waals surface area contributed by atoms with E-state index >= 15 is 0 Å². The first kappa shape index (κ1) is 15.2. The highest BCUT2D eigenvalue weighted by Crippen LogP contribution is 2.22. The van der Waals surface area contributed by atoms with E-state index in [0.29, 0.717) is 17.3 Å². The minimum Gasteiger partial charge on any atom is -0.380 e. The molecule has 2 aromatic rings. The Hall–Kier alpha value is -1.18. The maximum atomic E-state index is 12.4. The van der Waals surface area contributed by atoms with Gasteiger partial charge in [-0.3, -0.25) is 0 Å². The minimum absolute atomic E-state index is 0.391. The smallest absolute Gasteiger partial charge is 0.341 e. The van der Waals surface area contributed by atoms with Crippen molar-refractivity contribution in [3.05, 3.63) is 45.6 Å². The van der Waals surface area contributed by atoms with Gasteiger partial charge in [-0.1, -0.05) is 11.6 Å². The molecule has 20 heavy (non-hydrogen) atoms. The Morgan fingerprint density at radius 2 is 1.90 bits per heavy atom. The average molecular weight is 338 g/mol.